The maximum Gasteiger partial charge on any atom is 0.174 e. The second-order valence-electron chi connectivity index (χ2n) is 3.40. The van der Waals surface area contributed by atoms with Crippen molar-refractivity contribution in [3.63, 3.8) is 0 Å². The molecule has 0 saturated heterocycles. The van der Waals surface area contributed by atoms with E-state index in [1.165, 1.54) is 0 Å². The van der Waals surface area contributed by atoms with Gasteiger partial charge in [-0.15, -0.1) is 0 Å². The van der Waals surface area contributed by atoms with Gasteiger partial charge in [-0.3, -0.25) is 0 Å². The summed E-state index contributed by atoms with van der Waals surface area (Å²) in [6, 6.07) is 13.1. The van der Waals surface area contributed by atoms with E-state index in [1.807, 2.05) is 42.5 Å². The smallest absolute Gasteiger partial charge is 0.174 e. The lowest BCUT2D eigenvalue weighted by atomic mass is 10.3. The SMILES string of the molecule is N#CCOc1ccc(NCc2ccco2)cc1. The van der Waals surface area contributed by atoms with Gasteiger partial charge in [0.2, 0.25) is 0 Å². The summed E-state index contributed by atoms with van der Waals surface area (Å²) in [7, 11) is 0. The van der Waals surface area contributed by atoms with Crippen LogP contribution in [0.1, 0.15) is 5.76 Å². The van der Waals surface area contributed by atoms with Crippen molar-refractivity contribution in [3.05, 3.63) is 48.4 Å². The van der Waals surface area contributed by atoms with Gasteiger partial charge < -0.3 is 14.5 Å². The molecule has 4 nitrogen and oxygen atoms in total. The van der Waals surface area contributed by atoms with Crippen LogP contribution in [-0.2, 0) is 6.54 Å². The number of nitrogens with zero attached hydrogens (tertiary/aromatic N) is 1. The van der Waals surface area contributed by atoms with E-state index in [-0.39, 0.29) is 6.61 Å². The number of nitriles is 1. The quantitative estimate of drug-likeness (QED) is 0.854. The lowest BCUT2D eigenvalue weighted by Gasteiger charge is -2.06. The molecule has 1 aromatic carbocycles. The van der Waals surface area contributed by atoms with Gasteiger partial charge in [0, 0.05) is 5.69 Å². The Labute approximate surface area is 99.4 Å². The minimum Gasteiger partial charge on any atom is -0.479 e. The molecule has 0 aliphatic carbocycles. The number of furan rings is 1. The second-order valence-corrected chi connectivity index (χ2v) is 3.40. The van der Waals surface area contributed by atoms with Crippen LogP contribution in [0, 0.1) is 11.3 Å². The molecule has 0 spiro atoms. The number of anilines is 1. The lowest BCUT2D eigenvalue weighted by Crippen LogP contribution is -1.98. The normalized spacial score (nSPS) is 9.59. The second kappa shape index (κ2) is 5.61. The van der Waals surface area contributed by atoms with Gasteiger partial charge in [-0.25, -0.2) is 0 Å². The summed E-state index contributed by atoms with van der Waals surface area (Å²) in [5.41, 5.74) is 0.978. The highest BCUT2D eigenvalue weighted by molar-refractivity contribution is 5.46. The van der Waals surface area contributed by atoms with Gasteiger partial charge in [0.1, 0.15) is 17.6 Å². The Morgan fingerprint density at radius 3 is 2.71 bits per heavy atom. The molecule has 4 heteroatoms. The molecule has 0 unspecified atom stereocenters. The molecule has 0 radical (unpaired) electrons. The standard InChI is InChI=1S/C13H12N2O2/c14-7-9-17-12-5-3-11(4-6-12)15-10-13-2-1-8-16-13/h1-6,8,15H,9-10H2. The van der Waals surface area contributed by atoms with E-state index >= 15 is 0 Å². The number of hydrogen-bond donors (Lipinski definition) is 1. The van der Waals surface area contributed by atoms with Crippen LogP contribution < -0.4 is 10.1 Å². The molecular formula is C13H12N2O2. The maximum absolute atomic E-state index is 8.37. The fourth-order valence-corrected chi connectivity index (χ4v) is 1.39. The highest BCUT2D eigenvalue weighted by Gasteiger charge is 1.97. The molecule has 2 rings (SSSR count). The zero-order valence-electron chi connectivity index (χ0n) is 9.22. The Morgan fingerprint density at radius 2 is 2.06 bits per heavy atom. The van der Waals surface area contributed by atoms with Crippen LogP contribution in [0.4, 0.5) is 5.69 Å². The molecule has 0 amide bonds. The van der Waals surface area contributed by atoms with Gasteiger partial charge >= 0.3 is 0 Å². The Morgan fingerprint density at radius 1 is 1.24 bits per heavy atom. The molecule has 17 heavy (non-hydrogen) atoms. The van der Waals surface area contributed by atoms with Crippen LogP contribution >= 0.6 is 0 Å². The summed E-state index contributed by atoms with van der Waals surface area (Å²) in [6.07, 6.45) is 1.65. The molecule has 1 aromatic heterocycles. The average molecular weight is 228 g/mol. The molecule has 0 atom stereocenters. The molecule has 1 N–H and O–H groups in total. The summed E-state index contributed by atoms with van der Waals surface area (Å²) in [5, 5.41) is 11.6. The Kier molecular flexibility index (Phi) is 3.66. The van der Waals surface area contributed by atoms with Crippen molar-refractivity contribution in [1.29, 1.82) is 5.26 Å². The van der Waals surface area contributed by atoms with Crippen LogP contribution in [-0.4, -0.2) is 6.61 Å². The molecule has 86 valence electrons. The molecule has 1 heterocycles. The third kappa shape index (κ3) is 3.28. The van der Waals surface area contributed by atoms with Crippen LogP contribution in [0.15, 0.2) is 47.1 Å². The van der Waals surface area contributed by atoms with Crippen molar-refractivity contribution in [2.24, 2.45) is 0 Å². The van der Waals surface area contributed by atoms with Crippen molar-refractivity contribution in [2.75, 3.05) is 11.9 Å². The van der Waals surface area contributed by atoms with Crippen molar-refractivity contribution in [2.45, 2.75) is 6.54 Å². The van der Waals surface area contributed by atoms with E-state index in [0.717, 1.165) is 11.4 Å². The average Bonchev–Trinajstić information content (AvgIpc) is 2.88. The minimum atomic E-state index is 0.0686. The van der Waals surface area contributed by atoms with Crippen LogP contribution in [0.2, 0.25) is 0 Å². The summed E-state index contributed by atoms with van der Waals surface area (Å²) >= 11 is 0. The first-order valence-electron chi connectivity index (χ1n) is 5.24. The predicted molar refractivity (Wildman–Crippen MR) is 63.6 cm³/mol. The van der Waals surface area contributed by atoms with Gasteiger partial charge in [0.05, 0.1) is 12.8 Å². The van der Waals surface area contributed by atoms with E-state index in [9.17, 15) is 0 Å². The predicted octanol–water partition coefficient (Wildman–Crippen LogP) is 2.79. The fourth-order valence-electron chi connectivity index (χ4n) is 1.39. The Hall–Kier alpha value is -2.41. The van der Waals surface area contributed by atoms with Crippen molar-refractivity contribution < 1.29 is 9.15 Å². The number of rotatable bonds is 5. The molecule has 0 bridgehead atoms. The van der Waals surface area contributed by atoms with Crippen LogP contribution in [0.3, 0.4) is 0 Å². The van der Waals surface area contributed by atoms with Gasteiger partial charge in [-0.1, -0.05) is 0 Å². The van der Waals surface area contributed by atoms with Crippen molar-refractivity contribution in [3.8, 4) is 11.8 Å². The molecular weight excluding hydrogens is 216 g/mol. The molecule has 0 fully saturated rings. The molecule has 0 aliphatic heterocycles. The van der Waals surface area contributed by atoms with Crippen LogP contribution in [0.25, 0.3) is 0 Å². The minimum absolute atomic E-state index is 0.0686. The summed E-state index contributed by atoms with van der Waals surface area (Å²) in [6.45, 7) is 0.713. The zero-order valence-corrected chi connectivity index (χ0v) is 9.22. The number of ether oxygens (including phenoxy) is 1. The van der Waals surface area contributed by atoms with E-state index in [4.69, 9.17) is 14.4 Å². The van der Waals surface area contributed by atoms with Crippen molar-refractivity contribution in [1.82, 2.24) is 0 Å². The maximum atomic E-state index is 8.37. The van der Waals surface area contributed by atoms with Crippen molar-refractivity contribution >= 4 is 5.69 Å². The third-order valence-corrected chi connectivity index (χ3v) is 2.20. The number of hydrogen-bond acceptors (Lipinski definition) is 4. The summed E-state index contributed by atoms with van der Waals surface area (Å²) in [4.78, 5) is 0. The van der Waals surface area contributed by atoms with E-state index < -0.39 is 0 Å². The van der Waals surface area contributed by atoms with Gasteiger partial charge in [-0.2, -0.15) is 5.26 Å². The molecule has 2 aromatic rings. The highest BCUT2D eigenvalue weighted by Crippen LogP contribution is 2.16. The number of benzene rings is 1. The monoisotopic (exact) mass is 228 g/mol. The highest BCUT2D eigenvalue weighted by atomic mass is 16.5. The molecule has 0 saturated carbocycles. The summed E-state index contributed by atoms with van der Waals surface area (Å²) < 4.78 is 10.4. The van der Waals surface area contributed by atoms with Gasteiger partial charge in [0.15, 0.2) is 6.61 Å². The van der Waals surface area contributed by atoms with Gasteiger partial charge in [0.25, 0.3) is 0 Å². The summed E-state index contributed by atoms with van der Waals surface area (Å²) in [5.74, 6) is 1.57. The van der Waals surface area contributed by atoms with Gasteiger partial charge in [-0.05, 0) is 36.4 Å². The Bertz CT molecular complexity index is 483. The first kappa shape index (κ1) is 11.1. The zero-order chi connectivity index (χ0) is 11.9. The largest absolute Gasteiger partial charge is 0.479 e. The van der Waals surface area contributed by atoms with E-state index in [1.54, 1.807) is 6.26 Å². The molecule has 0 aliphatic rings. The first-order valence-corrected chi connectivity index (χ1v) is 5.24. The lowest BCUT2D eigenvalue weighted by molar-refractivity contribution is 0.368. The Balaban J connectivity index is 1.88. The first-order chi connectivity index (χ1) is 8.38. The topological polar surface area (TPSA) is 58.2 Å². The third-order valence-electron chi connectivity index (χ3n) is 2.20. The van der Waals surface area contributed by atoms with E-state index in [0.29, 0.717) is 12.3 Å². The van der Waals surface area contributed by atoms with Crippen LogP contribution in [0.5, 0.6) is 5.75 Å². The number of nitrogens with one attached hydrogen (secondary N) is 1. The fraction of sp³-hybridized carbons (Fsp3) is 0.154. The van der Waals surface area contributed by atoms with E-state index in [2.05, 4.69) is 5.32 Å².